The fourth-order valence-corrected chi connectivity index (χ4v) is 4.96. The van der Waals surface area contributed by atoms with Crippen molar-refractivity contribution in [2.75, 3.05) is 32.1 Å². The van der Waals surface area contributed by atoms with Gasteiger partial charge in [-0.15, -0.1) is 12.4 Å². The summed E-state index contributed by atoms with van der Waals surface area (Å²) < 4.78 is 32.8. The third-order valence-electron chi connectivity index (χ3n) is 5.09. The molecule has 1 amide bonds. The van der Waals surface area contributed by atoms with Gasteiger partial charge in [0.25, 0.3) is 5.91 Å². The van der Waals surface area contributed by atoms with Crippen molar-refractivity contribution in [1.82, 2.24) is 9.62 Å². The van der Waals surface area contributed by atoms with Crippen LogP contribution in [0.4, 0.5) is 5.69 Å². The molecule has 27 heavy (non-hydrogen) atoms. The number of ether oxygens (including phenoxy) is 1. The zero-order valence-electron chi connectivity index (χ0n) is 15.5. The molecule has 1 aromatic rings. The lowest BCUT2D eigenvalue weighted by molar-refractivity contribution is -0.128. The van der Waals surface area contributed by atoms with Crippen LogP contribution in [0.2, 0.25) is 0 Å². The van der Waals surface area contributed by atoms with Crippen molar-refractivity contribution in [3.05, 3.63) is 24.3 Å². The van der Waals surface area contributed by atoms with Crippen molar-refractivity contribution >= 4 is 34.0 Å². The van der Waals surface area contributed by atoms with Crippen LogP contribution in [0.15, 0.2) is 29.2 Å². The molecule has 0 spiro atoms. The number of nitrogens with zero attached hydrogens (tertiary/aromatic N) is 1. The maximum atomic E-state index is 12.9. The van der Waals surface area contributed by atoms with Crippen LogP contribution >= 0.6 is 12.4 Å². The van der Waals surface area contributed by atoms with Gasteiger partial charge in [-0.1, -0.05) is 25.3 Å². The van der Waals surface area contributed by atoms with Crippen LogP contribution in [0.25, 0.3) is 0 Å². The van der Waals surface area contributed by atoms with Gasteiger partial charge in [-0.2, -0.15) is 4.31 Å². The van der Waals surface area contributed by atoms with Crippen LogP contribution in [0.3, 0.4) is 0 Å². The second kappa shape index (κ2) is 9.84. The van der Waals surface area contributed by atoms with Crippen molar-refractivity contribution in [2.24, 2.45) is 0 Å². The minimum atomic E-state index is -3.58. The van der Waals surface area contributed by atoms with Gasteiger partial charge in [0.1, 0.15) is 6.10 Å². The fourth-order valence-electron chi connectivity index (χ4n) is 3.50. The highest BCUT2D eigenvalue weighted by Crippen LogP contribution is 2.27. The van der Waals surface area contributed by atoms with E-state index in [0.29, 0.717) is 18.8 Å². The lowest BCUT2D eigenvalue weighted by Crippen LogP contribution is -2.45. The first-order valence-corrected chi connectivity index (χ1v) is 10.6. The van der Waals surface area contributed by atoms with Gasteiger partial charge in [0.15, 0.2) is 0 Å². The van der Waals surface area contributed by atoms with Gasteiger partial charge in [0.2, 0.25) is 10.0 Å². The molecule has 2 aliphatic rings. The Morgan fingerprint density at radius 2 is 2.00 bits per heavy atom. The van der Waals surface area contributed by atoms with Crippen molar-refractivity contribution < 1.29 is 17.9 Å². The quantitative estimate of drug-likeness (QED) is 0.764. The summed E-state index contributed by atoms with van der Waals surface area (Å²) in [7, 11) is -1.93. The van der Waals surface area contributed by atoms with E-state index in [1.54, 1.807) is 25.2 Å². The number of anilines is 1. The van der Waals surface area contributed by atoms with E-state index in [4.69, 9.17) is 4.74 Å². The molecule has 1 aliphatic carbocycles. The normalized spacial score (nSPS) is 21.5. The van der Waals surface area contributed by atoms with Crippen LogP contribution in [0.1, 0.15) is 32.1 Å². The second-order valence-electron chi connectivity index (χ2n) is 6.89. The van der Waals surface area contributed by atoms with E-state index in [1.165, 1.54) is 16.8 Å². The molecule has 0 radical (unpaired) electrons. The maximum absolute atomic E-state index is 12.9. The van der Waals surface area contributed by atoms with Gasteiger partial charge in [-0.25, -0.2) is 8.42 Å². The van der Waals surface area contributed by atoms with Gasteiger partial charge in [0.05, 0.1) is 11.5 Å². The van der Waals surface area contributed by atoms with Gasteiger partial charge < -0.3 is 15.4 Å². The van der Waals surface area contributed by atoms with Crippen molar-refractivity contribution in [1.29, 1.82) is 0 Å². The smallest absolute Gasteiger partial charge is 0.254 e. The molecule has 2 fully saturated rings. The summed E-state index contributed by atoms with van der Waals surface area (Å²) in [5.41, 5.74) is 0.460. The number of hydrogen-bond donors (Lipinski definition) is 2. The molecule has 1 aromatic carbocycles. The number of carbonyl (C=O) groups excluding carboxylic acids is 1. The molecule has 0 bridgehead atoms. The lowest BCUT2D eigenvalue weighted by atomic mass is 9.96. The number of nitrogens with one attached hydrogen (secondary N) is 2. The highest BCUT2D eigenvalue weighted by Gasteiger charge is 2.29. The highest BCUT2D eigenvalue weighted by atomic mass is 35.5. The Morgan fingerprint density at radius 3 is 2.67 bits per heavy atom. The fraction of sp³-hybridized carbons (Fsp3) is 0.611. The molecule has 1 aliphatic heterocycles. The molecular formula is C18H28ClN3O4S. The molecule has 152 valence electrons. The largest absolute Gasteiger partial charge is 0.366 e. The van der Waals surface area contributed by atoms with Gasteiger partial charge in [-0.05, 0) is 31.0 Å². The summed E-state index contributed by atoms with van der Waals surface area (Å²) in [5, 5.41) is 5.86. The Bertz CT molecular complexity index is 732. The highest BCUT2D eigenvalue weighted by molar-refractivity contribution is 7.89. The molecule has 9 heteroatoms. The zero-order valence-corrected chi connectivity index (χ0v) is 17.2. The molecule has 7 nitrogen and oxygen atoms in total. The summed E-state index contributed by atoms with van der Waals surface area (Å²) in [6.45, 7) is 1.66. The van der Waals surface area contributed by atoms with Crippen LogP contribution < -0.4 is 10.6 Å². The number of benzene rings is 1. The average Bonchev–Trinajstić information content (AvgIpc) is 2.69. The minimum Gasteiger partial charge on any atom is -0.366 e. The summed E-state index contributed by atoms with van der Waals surface area (Å²) in [5.74, 6) is -0.271. The van der Waals surface area contributed by atoms with Crippen LogP contribution in [-0.2, 0) is 19.6 Å². The number of morpholine rings is 1. The van der Waals surface area contributed by atoms with Gasteiger partial charge in [0, 0.05) is 31.9 Å². The number of carbonyl (C=O) groups is 1. The molecule has 1 saturated heterocycles. The molecule has 1 heterocycles. The molecule has 1 unspecified atom stereocenters. The van der Waals surface area contributed by atoms with E-state index in [0.717, 1.165) is 32.2 Å². The third-order valence-corrected chi connectivity index (χ3v) is 6.99. The number of hydrogen-bond acceptors (Lipinski definition) is 5. The number of rotatable bonds is 5. The van der Waals surface area contributed by atoms with Crippen molar-refractivity contribution in [3.8, 4) is 0 Å². The Morgan fingerprint density at radius 1 is 1.26 bits per heavy atom. The Hall–Kier alpha value is -1.19. The van der Waals surface area contributed by atoms with E-state index in [-0.39, 0.29) is 29.3 Å². The lowest BCUT2D eigenvalue weighted by Gasteiger charge is -2.30. The minimum absolute atomic E-state index is 0. The summed E-state index contributed by atoms with van der Waals surface area (Å²) in [6, 6.07) is 6.48. The molecule has 1 saturated carbocycles. The van der Waals surface area contributed by atoms with Crippen LogP contribution in [-0.4, -0.2) is 57.5 Å². The maximum Gasteiger partial charge on any atom is 0.254 e. The first-order valence-electron chi connectivity index (χ1n) is 9.20. The van der Waals surface area contributed by atoms with E-state index in [1.807, 2.05) is 0 Å². The SMILES string of the molecule is CN(C1CCCCC1)S(=O)(=O)c1cccc(NC(=O)C2CNCCO2)c1.Cl. The van der Waals surface area contributed by atoms with Crippen molar-refractivity contribution in [2.45, 2.75) is 49.1 Å². The summed E-state index contributed by atoms with van der Waals surface area (Å²) >= 11 is 0. The molecule has 2 N–H and O–H groups in total. The topological polar surface area (TPSA) is 87.7 Å². The van der Waals surface area contributed by atoms with Gasteiger partial charge in [-0.3, -0.25) is 4.79 Å². The zero-order chi connectivity index (χ0) is 18.6. The van der Waals surface area contributed by atoms with Gasteiger partial charge >= 0.3 is 0 Å². The standard InChI is InChI=1S/C18H27N3O4S.ClH/c1-21(15-7-3-2-4-8-15)26(23,24)16-9-5-6-14(12-16)20-18(22)17-13-19-10-11-25-17;/h5-6,9,12,15,17,19H,2-4,7-8,10-11,13H2,1H3,(H,20,22);1H. The Balaban J connectivity index is 0.00000261. The van der Waals surface area contributed by atoms with E-state index < -0.39 is 16.1 Å². The van der Waals surface area contributed by atoms with E-state index >= 15 is 0 Å². The number of sulfonamides is 1. The molecule has 1 atom stereocenters. The number of amides is 1. The Kier molecular flexibility index (Phi) is 8.05. The average molecular weight is 418 g/mol. The number of halogens is 1. The Labute approximate surface area is 167 Å². The van der Waals surface area contributed by atoms with Crippen LogP contribution in [0, 0.1) is 0 Å². The molecule has 3 rings (SSSR count). The van der Waals surface area contributed by atoms with E-state index in [2.05, 4.69) is 10.6 Å². The third kappa shape index (κ3) is 5.42. The van der Waals surface area contributed by atoms with Crippen LogP contribution in [0.5, 0.6) is 0 Å². The second-order valence-corrected chi connectivity index (χ2v) is 8.89. The monoisotopic (exact) mass is 417 g/mol. The molecule has 0 aromatic heterocycles. The molecular weight excluding hydrogens is 390 g/mol. The van der Waals surface area contributed by atoms with E-state index in [9.17, 15) is 13.2 Å². The van der Waals surface area contributed by atoms with Crippen molar-refractivity contribution in [3.63, 3.8) is 0 Å². The summed E-state index contributed by atoms with van der Waals surface area (Å²) in [4.78, 5) is 12.5. The first kappa shape index (κ1) is 22.1. The summed E-state index contributed by atoms with van der Waals surface area (Å²) in [6.07, 6.45) is 4.54. The predicted molar refractivity (Wildman–Crippen MR) is 107 cm³/mol. The first-order chi connectivity index (χ1) is 12.5. The predicted octanol–water partition coefficient (Wildman–Crippen LogP) is 1.99.